The fourth-order valence-corrected chi connectivity index (χ4v) is 2.97. The fraction of sp³-hybridized carbons (Fsp3) is 0.500. The lowest BCUT2D eigenvalue weighted by atomic mass is 9.91. The van der Waals surface area contributed by atoms with Crippen LogP contribution in [0.1, 0.15) is 13.3 Å². The van der Waals surface area contributed by atoms with Crippen molar-refractivity contribution in [2.24, 2.45) is 0 Å². The van der Waals surface area contributed by atoms with Gasteiger partial charge in [-0.25, -0.2) is 0 Å². The standard InChI is InChI=1S/C12H13BrClNO4/c1-2-18-12-8(13)6-11(12)19-10-5-7(14)3-4-9(10)15(16)17/h3-5,8,11-12H,2,6H2,1H3. The molecule has 0 aromatic heterocycles. The second kappa shape index (κ2) is 6.07. The van der Waals surface area contributed by atoms with Crippen LogP contribution in [0, 0.1) is 10.1 Å². The molecule has 0 heterocycles. The largest absolute Gasteiger partial charge is 0.481 e. The van der Waals surface area contributed by atoms with E-state index in [4.69, 9.17) is 21.1 Å². The van der Waals surface area contributed by atoms with Gasteiger partial charge in [-0.3, -0.25) is 10.1 Å². The first-order chi connectivity index (χ1) is 9.02. The summed E-state index contributed by atoms with van der Waals surface area (Å²) in [7, 11) is 0. The number of rotatable bonds is 5. The molecule has 3 atom stereocenters. The van der Waals surface area contributed by atoms with Gasteiger partial charge in [-0.05, 0) is 13.0 Å². The monoisotopic (exact) mass is 349 g/mol. The minimum Gasteiger partial charge on any atom is -0.481 e. The zero-order valence-electron chi connectivity index (χ0n) is 10.2. The Labute approximate surface area is 124 Å². The van der Waals surface area contributed by atoms with Crippen LogP contribution in [-0.2, 0) is 4.74 Å². The Balaban J connectivity index is 2.15. The van der Waals surface area contributed by atoms with E-state index in [-0.39, 0.29) is 28.5 Å². The van der Waals surface area contributed by atoms with Gasteiger partial charge in [-0.2, -0.15) is 0 Å². The molecule has 0 saturated heterocycles. The van der Waals surface area contributed by atoms with E-state index in [2.05, 4.69) is 15.9 Å². The van der Waals surface area contributed by atoms with Crippen LogP contribution in [0.25, 0.3) is 0 Å². The number of ether oxygens (including phenoxy) is 2. The third-order valence-corrected chi connectivity index (χ3v) is 4.07. The Morgan fingerprint density at radius 1 is 1.58 bits per heavy atom. The quantitative estimate of drug-likeness (QED) is 0.463. The number of hydrogen-bond acceptors (Lipinski definition) is 4. The number of benzene rings is 1. The van der Waals surface area contributed by atoms with Gasteiger partial charge in [0.25, 0.3) is 0 Å². The first-order valence-corrected chi connectivity index (χ1v) is 7.18. The van der Waals surface area contributed by atoms with Gasteiger partial charge in [0, 0.05) is 35.0 Å². The van der Waals surface area contributed by atoms with Crippen LogP contribution in [0.15, 0.2) is 18.2 Å². The molecule has 0 bridgehead atoms. The van der Waals surface area contributed by atoms with Gasteiger partial charge in [0.1, 0.15) is 12.2 Å². The zero-order chi connectivity index (χ0) is 14.0. The lowest BCUT2D eigenvalue weighted by molar-refractivity contribution is -0.386. The molecule has 1 aliphatic rings. The maximum Gasteiger partial charge on any atom is 0.311 e. The van der Waals surface area contributed by atoms with Crippen molar-refractivity contribution in [3.8, 4) is 5.75 Å². The highest BCUT2D eigenvalue weighted by molar-refractivity contribution is 9.09. The average Bonchev–Trinajstić information content (AvgIpc) is 2.35. The predicted molar refractivity (Wildman–Crippen MR) is 75.3 cm³/mol. The highest BCUT2D eigenvalue weighted by Crippen LogP contribution is 2.38. The van der Waals surface area contributed by atoms with Crippen LogP contribution in [0.2, 0.25) is 5.02 Å². The molecule has 2 rings (SSSR count). The molecule has 0 amide bonds. The average molecular weight is 351 g/mol. The fourth-order valence-electron chi connectivity index (χ4n) is 1.94. The van der Waals surface area contributed by atoms with Crippen LogP contribution in [0.3, 0.4) is 0 Å². The molecule has 1 aromatic rings. The highest BCUT2D eigenvalue weighted by atomic mass is 79.9. The van der Waals surface area contributed by atoms with Gasteiger partial charge >= 0.3 is 5.69 Å². The van der Waals surface area contributed by atoms with Crippen molar-refractivity contribution in [2.45, 2.75) is 30.4 Å². The van der Waals surface area contributed by atoms with Gasteiger partial charge in [0.15, 0.2) is 5.75 Å². The highest BCUT2D eigenvalue weighted by Gasteiger charge is 2.43. The van der Waals surface area contributed by atoms with Crippen molar-refractivity contribution in [1.82, 2.24) is 0 Å². The molecule has 104 valence electrons. The van der Waals surface area contributed by atoms with E-state index in [0.717, 1.165) is 6.42 Å². The lowest BCUT2D eigenvalue weighted by Gasteiger charge is -2.40. The van der Waals surface area contributed by atoms with Crippen molar-refractivity contribution in [3.05, 3.63) is 33.3 Å². The Hall–Kier alpha value is -0.850. The molecule has 1 fully saturated rings. The maximum absolute atomic E-state index is 10.9. The van der Waals surface area contributed by atoms with E-state index in [1.165, 1.54) is 18.2 Å². The SMILES string of the molecule is CCOC1C(Br)CC1Oc1cc(Cl)ccc1[N+](=O)[O-]. The van der Waals surface area contributed by atoms with Gasteiger partial charge in [0.05, 0.1) is 4.92 Å². The van der Waals surface area contributed by atoms with Crippen LogP contribution in [0.4, 0.5) is 5.69 Å². The van der Waals surface area contributed by atoms with E-state index in [1.807, 2.05) is 6.92 Å². The number of nitro groups is 1. The molecule has 0 radical (unpaired) electrons. The molecule has 7 heteroatoms. The number of halogens is 2. The number of nitro benzene ring substituents is 1. The van der Waals surface area contributed by atoms with Crippen molar-refractivity contribution >= 4 is 33.2 Å². The summed E-state index contributed by atoms with van der Waals surface area (Å²) in [5.41, 5.74) is -0.0855. The first-order valence-electron chi connectivity index (χ1n) is 5.89. The normalized spacial score (nSPS) is 25.7. The molecule has 0 spiro atoms. The van der Waals surface area contributed by atoms with Crippen molar-refractivity contribution in [2.75, 3.05) is 6.61 Å². The molecular weight excluding hydrogens is 337 g/mol. The number of alkyl halides is 1. The molecule has 5 nitrogen and oxygen atoms in total. The van der Waals surface area contributed by atoms with E-state index in [1.54, 1.807) is 0 Å². The molecule has 1 saturated carbocycles. The van der Waals surface area contributed by atoms with E-state index in [9.17, 15) is 10.1 Å². The van der Waals surface area contributed by atoms with Crippen molar-refractivity contribution in [3.63, 3.8) is 0 Å². The van der Waals surface area contributed by atoms with E-state index >= 15 is 0 Å². The number of hydrogen-bond donors (Lipinski definition) is 0. The summed E-state index contributed by atoms with van der Waals surface area (Å²) in [6.45, 7) is 2.47. The third kappa shape index (κ3) is 3.19. The summed E-state index contributed by atoms with van der Waals surface area (Å²) in [5, 5.41) is 11.3. The second-order valence-electron chi connectivity index (χ2n) is 4.20. The van der Waals surface area contributed by atoms with Crippen LogP contribution >= 0.6 is 27.5 Å². The Morgan fingerprint density at radius 2 is 2.32 bits per heavy atom. The lowest BCUT2D eigenvalue weighted by Crippen LogP contribution is -2.52. The topological polar surface area (TPSA) is 61.6 Å². The predicted octanol–water partition coefficient (Wildman–Crippen LogP) is 3.57. The van der Waals surface area contributed by atoms with Crippen LogP contribution < -0.4 is 4.74 Å². The Bertz CT molecular complexity index is 485. The summed E-state index contributed by atoms with van der Waals surface area (Å²) in [5.74, 6) is 0.187. The Morgan fingerprint density at radius 3 is 2.89 bits per heavy atom. The summed E-state index contributed by atoms with van der Waals surface area (Å²) >= 11 is 9.33. The van der Waals surface area contributed by atoms with E-state index < -0.39 is 4.92 Å². The van der Waals surface area contributed by atoms with Crippen molar-refractivity contribution in [1.29, 1.82) is 0 Å². The van der Waals surface area contributed by atoms with Gasteiger partial charge < -0.3 is 9.47 Å². The first kappa shape index (κ1) is 14.6. The van der Waals surface area contributed by atoms with Crippen LogP contribution in [-0.4, -0.2) is 28.6 Å². The Kier molecular flexibility index (Phi) is 4.65. The molecule has 19 heavy (non-hydrogen) atoms. The zero-order valence-corrected chi connectivity index (χ0v) is 12.6. The molecule has 0 N–H and O–H groups in total. The van der Waals surface area contributed by atoms with Crippen LogP contribution in [0.5, 0.6) is 5.75 Å². The number of nitrogens with zero attached hydrogens (tertiary/aromatic N) is 1. The van der Waals surface area contributed by atoms with Gasteiger partial charge in [0.2, 0.25) is 0 Å². The molecular formula is C12H13BrClNO4. The molecule has 3 unspecified atom stereocenters. The van der Waals surface area contributed by atoms with Gasteiger partial charge in [-0.1, -0.05) is 27.5 Å². The third-order valence-electron chi connectivity index (χ3n) is 2.94. The molecule has 1 aliphatic carbocycles. The molecule has 1 aromatic carbocycles. The minimum absolute atomic E-state index is 0.0855. The maximum atomic E-state index is 10.9. The summed E-state index contributed by atoms with van der Waals surface area (Å²) in [4.78, 5) is 10.7. The van der Waals surface area contributed by atoms with E-state index in [0.29, 0.717) is 11.6 Å². The van der Waals surface area contributed by atoms with Crippen molar-refractivity contribution < 1.29 is 14.4 Å². The smallest absolute Gasteiger partial charge is 0.311 e. The summed E-state index contributed by atoms with van der Waals surface area (Å²) in [6, 6.07) is 4.28. The van der Waals surface area contributed by atoms with Gasteiger partial charge in [-0.15, -0.1) is 0 Å². The molecule has 0 aliphatic heterocycles. The summed E-state index contributed by atoms with van der Waals surface area (Å²) < 4.78 is 11.2. The second-order valence-corrected chi connectivity index (χ2v) is 5.81. The minimum atomic E-state index is -0.481. The summed E-state index contributed by atoms with van der Waals surface area (Å²) in [6.07, 6.45) is 0.457.